The molecular formula is C19H20N6O. The standard InChI is InChI=1S/C19H20N6O/c1-25-18(22-23-24-25)15-8-5-9-16(12-15)20-19(26)21-17(14-10-11-14)13-6-3-2-4-7-13/h2-9,12,14,17H,10-11H2,1H3,(H2,20,21,26)/t17-/m0/s1. The monoisotopic (exact) mass is 348 g/mol. The highest BCUT2D eigenvalue weighted by Crippen LogP contribution is 2.40. The first-order valence-corrected chi connectivity index (χ1v) is 8.66. The number of carbonyl (C=O) groups excluding carboxylic acids is 1. The van der Waals surface area contributed by atoms with E-state index in [1.165, 1.54) is 0 Å². The fraction of sp³-hybridized carbons (Fsp3) is 0.263. The molecule has 0 radical (unpaired) electrons. The average molecular weight is 348 g/mol. The van der Waals surface area contributed by atoms with Crippen molar-refractivity contribution < 1.29 is 4.79 Å². The molecule has 3 aromatic rings. The van der Waals surface area contributed by atoms with E-state index in [9.17, 15) is 4.79 Å². The number of nitrogens with one attached hydrogen (secondary N) is 2. The number of hydrogen-bond donors (Lipinski definition) is 2. The quantitative estimate of drug-likeness (QED) is 0.742. The summed E-state index contributed by atoms with van der Waals surface area (Å²) in [6, 6.07) is 17.4. The average Bonchev–Trinajstić information content (AvgIpc) is 3.41. The second-order valence-corrected chi connectivity index (χ2v) is 6.53. The molecule has 1 aliphatic rings. The van der Waals surface area contributed by atoms with Crippen molar-refractivity contribution in [2.45, 2.75) is 18.9 Å². The molecule has 1 fully saturated rings. The molecule has 0 unspecified atom stereocenters. The van der Waals surface area contributed by atoms with Crippen LogP contribution in [0.25, 0.3) is 11.4 Å². The van der Waals surface area contributed by atoms with Crippen LogP contribution in [0.1, 0.15) is 24.4 Å². The van der Waals surface area contributed by atoms with Gasteiger partial charge in [0.2, 0.25) is 0 Å². The molecule has 1 saturated carbocycles. The largest absolute Gasteiger partial charge is 0.331 e. The van der Waals surface area contributed by atoms with Gasteiger partial charge < -0.3 is 10.6 Å². The van der Waals surface area contributed by atoms with Crippen molar-refractivity contribution in [1.29, 1.82) is 0 Å². The van der Waals surface area contributed by atoms with Crippen molar-refractivity contribution in [1.82, 2.24) is 25.5 Å². The van der Waals surface area contributed by atoms with E-state index in [4.69, 9.17) is 0 Å². The minimum atomic E-state index is -0.209. The van der Waals surface area contributed by atoms with E-state index < -0.39 is 0 Å². The Kier molecular flexibility index (Phi) is 4.35. The Morgan fingerprint density at radius 3 is 2.65 bits per heavy atom. The van der Waals surface area contributed by atoms with Crippen LogP contribution in [0.2, 0.25) is 0 Å². The molecule has 0 aliphatic heterocycles. The van der Waals surface area contributed by atoms with Crippen molar-refractivity contribution in [3.05, 3.63) is 60.2 Å². The van der Waals surface area contributed by atoms with E-state index in [1.54, 1.807) is 11.7 Å². The van der Waals surface area contributed by atoms with Crippen LogP contribution in [-0.2, 0) is 7.05 Å². The van der Waals surface area contributed by atoms with E-state index in [-0.39, 0.29) is 12.1 Å². The number of tetrazole rings is 1. The molecule has 1 atom stereocenters. The zero-order chi connectivity index (χ0) is 17.9. The van der Waals surface area contributed by atoms with E-state index in [0.717, 1.165) is 24.0 Å². The summed E-state index contributed by atoms with van der Waals surface area (Å²) < 4.78 is 1.59. The molecule has 1 aromatic heterocycles. The highest BCUT2D eigenvalue weighted by Gasteiger charge is 2.33. The molecule has 0 bridgehead atoms. The third-order valence-electron chi connectivity index (χ3n) is 4.54. The number of hydrogen-bond acceptors (Lipinski definition) is 4. The maximum absolute atomic E-state index is 12.5. The number of amides is 2. The van der Waals surface area contributed by atoms with Crippen molar-refractivity contribution in [3.63, 3.8) is 0 Å². The van der Waals surface area contributed by atoms with Gasteiger partial charge in [0.05, 0.1) is 6.04 Å². The predicted molar refractivity (Wildman–Crippen MR) is 98.3 cm³/mol. The minimum absolute atomic E-state index is 0.0438. The summed E-state index contributed by atoms with van der Waals surface area (Å²) in [4.78, 5) is 12.5. The molecule has 1 aliphatic carbocycles. The Morgan fingerprint density at radius 1 is 1.15 bits per heavy atom. The van der Waals surface area contributed by atoms with Crippen LogP contribution in [0.15, 0.2) is 54.6 Å². The lowest BCUT2D eigenvalue weighted by molar-refractivity contribution is 0.247. The fourth-order valence-corrected chi connectivity index (χ4v) is 3.08. The van der Waals surface area contributed by atoms with E-state index in [1.807, 2.05) is 42.5 Å². The van der Waals surface area contributed by atoms with Crippen molar-refractivity contribution in [2.24, 2.45) is 13.0 Å². The third-order valence-corrected chi connectivity index (χ3v) is 4.54. The zero-order valence-corrected chi connectivity index (χ0v) is 14.5. The summed E-state index contributed by atoms with van der Waals surface area (Å²) in [5, 5.41) is 17.5. The summed E-state index contributed by atoms with van der Waals surface area (Å²) in [6.07, 6.45) is 2.29. The van der Waals surface area contributed by atoms with E-state index in [2.05, 4.69) is 38.3 Å². The molecule has 4 rings (SSSR count). The maximum atomic E-state index is 12.5. The van der Waals surface area contributed by atoms with Crippen molar-refractivity contribution in [2.75, 3.05) is 5.32 Å². The van der Waals surface area contributed by atoms with Crippen LogP contribution in [0.4, 0.5) is 10.5 Å². The lowest BCUT2D eigenvalue weighted by Gasteiger charge is -2.19. The summed E-state index contributed by atoms with van der Waals surface area (Å²) in [5.41, 5.74) is 2.69. The van der Waals surface area contributed by atoms with Gasteiger partial charge in [0.25, 0.3) is 0 Å². The first kappa shape index (κ1) is 16.3. The van der Waals surface area contributed by atoms with Gasteiger partial charge in [-0.3, -0.25) is 0 Å². The Bertz CT molecular complexity index is 903. The van der Waals surface area contributed by atoms with Gasteiger partial charge in [-0.2, -0.15) is 0 Å². The molecule has 7 heteroatoms. The van der Waals surface area contributed by atoms with Crippen molar-refractivity contribution in [3.8, 4) is 11.4 Å². The lowest BCUT2D eigenvalue weighted by atomic mass is 10.0. The van der Waals surface area contributed by atoms with Gasteiger partial charge in [-0.05, 0) is 46.9 Å². The summed E-state index contributed by atoms with van der Waals surface area (Å²) in [7, 11) is 1.78. The molecule has 2 aromatic carbocycles. The second-order valence-electron chi connectivity index (χ2n) is 6.53. The van der Waals surface area contributed by atoms with E-state index >= 15 is 0 Å². The Hall–Kier alpha value is -3.22. The first-order valence-electron chi connectivity index (χ1n) is 8.66. The summed E-state index contributed by atoms with van der Waals surface area (Å²) >= 11 is 0. The van der Waals surface area contributed by atoms with Crippen LogP contribution in [0, 0.1) is 5.92 Å². The number of rotatable bonds is 5. The van der Waals surface area contributed by atoms with Gasteiger partial charge in [-0.1, -0.05) is 42.5 Å². The Balaban J connectivity index is 1.47. The number of nitrogens with zero attached hydrogens (tertiary/aromatic N) is 4. The number of anilines is 1. The predicted octanol–water partition coefficient (Wildman–Crippen LogP) is 3.15. The molecular weight excluding hydrogens is 328 g/mol. The molecule has 26 heavy (non-hydrogen) atoms. The van der Waals surface area contributed by atoms with E-state index in [0.29, 0.717) is 17.4 Å². The van der Waals surface area contributed by atoms with Crippen LogP contribution in [0.3, 0.4) is 0 Å². The van der Waals surface area contributed by atoms with Gasteiger partial charge in [0.15, 0.2) is 5.82 Å². The smallest absolute Gasteiger partial charge is 0.319 e. The number of carbonyl (C=O) groups is 1. The van der Waals surface area contributed by atoms with Gasteiger partial charge in [-0.25, -0.2) is 9.48 Å². The Morgan fingerprint density at radius 2 is 1.96 bits per heavy atom. The highest BCUT2D eigenvalue weighted by atomic mass is 16.2. The van der Waals surface area contributed by atoms with Gasteiger partial charge in [0, 0.05) is 18.3 Å². The first-order chi connectivity index (χ1) is 12.7. The lowest BCUT2D eigenvalue weighted by Crippen LogP contribution is -2.33. The summed E-state index contributed by atoms with van der Waals surface area (Å²) in [5.74, 6) is 1.16. The zero-order valence-electron chi connectivity index (χ0n) is 14.5. The fourth-order valence-electron chi connectivity index (χ4n) is 3.08. The number of aromatic nitrogens is 4. The molecule has 0 spiro atoms. The minimum Gasteiger partial charge on any atom is -0.331 e. The molecule has 2 amide bonds. The molecule has 1 heterocycles. The van der Waals surface area contributed by atoms with Gasteiger partial charge >= 0.3 is 6.03 Å². The van der Waals surface area contributed by atoms with Crippen LogP contribution >= 0.6 is 0 Å². The van der Waals surface area contributed by atoms with Gasteiger partial charge in [0.1, 0.15) is 0 Å². The Labute approximate surface area is 151 Å². The molecule has 7 nitrogen and oxygen atoms in total. The van der Waals surface area contributed by atoms with Crippen LogP contribution in [0.5, 0.6) is 0 Å². The number of benzene rings is 2. The number of aryl methyl sites for hydroxylation is 1. The van der Waals surface area contributed by atoms with Crippen molar-refractivity contribution >= 4 is 11.7 Å². The number of urea groups is 1. The van der Waals surface area contributed by atoms with Gasteiger partial charge in [-0.15, -0.1) is 5.10 Å². The highest BCUT2D eigenvalue weighted by molar-refractivity contribution is 5.90. The molecule has 0 saturated heterocycles. The SMILES string of the molecule is Cn1nnnc1-c1cccc(NC(=O)N[C@@H](c2ccccc2)C2CC2)c1. The summed E-state index contributed by atoms with van der Waals surface area (Å²) in [6.45, 7) is 0. The molecule has 2 N–H and O–H groups in total. The second kappa shape index (κ2) is 6.95. The third kappa shape index (κ3) is 3.56. The molecule has 132 valence electrons. The van der Waals surface area contributed by atoms with Crippen LogP contribution in [-0.4, -0.2) is 26.2 Å². The normalized spacial score (nSPS) is 14.7. The maximum Gasteiger partial charge on any atom is 0.319 e. The topological polar surface area (TPSA) is 84.7 Å². The van der Waals surface area contributed by atoms with Crippen LogP contribution < -0.4 is 10.6 Å².